The third-order valence-electron chi connectivity index (χ3n) is 3.54. The number of ether oxygens (including phenoxy) is 1. The molecule has 1 aliphatic rings. The predicted molar refractivity (Wildman–Crippen MR) is 75.0 cm³/mol. The number of nitrogens with zero attached hydrogens (tertiary/aromatic N) is 2. The van der Waals surface area contributed by atoms with Crippen molar-refractivity contribution in [2.75, 3.05) is 20.3 Å². The van der Waals surface area contributed by atoms with Gasteiger partial charge in [-0.15, -0.1) is 0 Å². The lowest BCUT2D eigenvalue weighted by Gasteiger charge is -2.31. The Morgan fingerprint density at radius 2 is 2.19 bits per heavy atom. The Labute approximate surface area is 122 Å². The fraction of sp³-hybridized carbons (Fsp3) is 0.500. The van der Waals surface area contributed by atoms with Crippen LogP contribution in [0.3, 0.4) is 0 Å². The molecule has 0 bridgehead atoms. The summed E-state index contributed by atoms with van der Waals surface area (Å²) >= 11 is 0. The smallest absolute Gasteiger partial charge is 0.335 e. The van der Waals surface area contributed by atoms with Gasteiger partial charge in [0.25, 0.3) is 0 Å². The van der Waals surface area contributed by atoms with Crippen molar-refractivity contribution < 1.29 is 19.4 Å². The Bertz CT molecular complexity index is 515. The van der Waals surface area contributed by atoms with Crippen molar-refractivity contribution in [3.05, 3.63) is 29.6 Å². The zero-order chi connectivity index (χ0) is 15.2. The first-order valence-corrected chi connectivity index (χ1v) is 6.84. The molecule has 2 heterocycles. The van der Waals surface area contributed by atoms with Crippen LogP contribution in [0.4, 0.5) is 4.79 Å². The number of carboxylic acids is 1. The molecular formula is C14H19N3O4. The van der Waals surface area contributed by atoms with E-state index in [2.05, 4.69) is 10.3 Å². The third kappa shape index (κ3) is 4.16. The molecule has 21 heavy (non-hydrogen) atoms. The molecule has 1 saturated heterocycles. The number of urea groups is 1. The summed E-state index contributed by atoms with van der Waals surface area (Å²) in [6.45, 7) is 1.54. The zero-order valence-electron chi connectivity index (χ0n) is 11.9. The van der Waals surface area contributed by atoms with Crippen LogP contribution in [-0.4, -0.2) is 53.3 Å². The van der Waals surface area contributed by atoms with E-state index in [1.165, 1.54) is 18.3 Å². The van der Waals surface area contributed by atoms with Gasteiger partial charge < -0.3 is 20.1 Å². The van der Waals surface area contributed by atoms with E-state index < -0.39 is 5.97 Å². The highest BCUT2D eigenvalue weighted by molar-refractivity contribution is 5.87. The van der Waals surface area contributed by atoms with E-state index in [9.17, 15) is 9.59 Å². The van der Waals surface area contributed by atoms with Crippen molar-refractivity contribution in [2.45, 2.75) is 25.4 Å². The second-order valence-electron chi connectivity index (χ2n) is 4.95. The summed E-state index contributed by atoms with van der Waals surface area (Å²) in [7, 11) is 1.76. The molecule has 7 heteroatoms. The van der Waals surface area contributed by atoms with Crippen molar-refractivity contribution in [3.8, 4) is 0 Å². The molecule has 1 aliphatic heterocycles. The number of nitrogens with one attached hydrogen (secondary N) is 1. The van der Waals surface area contributed by atoms with Crippen molar-refractivity contribution >= 4 is 12.0 Å². The molecule has 2 N–H and O–H groups in total. The molecule has 2 amide bonds. The Morgan fingerprint density at radius 3 is 2.86 bits per heavy atom. The number of carbonyl (C=O) groups excluding carboxylic acids is 1. The van der Waals surface area contributed by atoms with E-state index in [1.54, 1.807) is 11.9 Å². The summed E-state index contributed by atoms with van der Waals surface area (Å²) in [5.74, 6) is -1.01. The Morgan fingerprint density at radius 1 is 1.48 bits per heavy atom. The van der Waals surface area contributed by atoms with Crippen LogP contribution < -0.4 is 5.32 Å². The largest absolute Gasteiger partial charge is 0.478 e. The number of amides is 2. The van der Waals surface area contributed by atoms with Gasteiger partial charge in [0.05, 0.1) is 17.8 Å². The van der Waals surface area contributed by atoms with Crippen LogP contribution >= 0.6 is 0 Å². The molecule has 2 rings (SSSR count). The van der Waals surface area contributed by atoms with Gasteiger partial charge in [-0.3, -0.25) is 4.98 Å². The van der Waals surface area contributed by atoms with Gasteiger partial charge in [0.2, 0.25) is 0 Å². The van der Waals surface area contributed by atoms with Gasteiger partial charge in [-0.1, -0.05) is 0 Å². The second kappa shape index (κ2) is 7.03. The monoisotopic (exact) mass is 293 g/mol. The summed E-state index contributed by atoms with van der Waals surface area (Å²) in [6, 6.07) is 2.86. The molecule has 7 nitrogen and oxygen atoms in total. The number of hydrogen-bond donors (Lipinski definition) is 2. The minimum absolute atomic E-state index is 0.159. The Kier molecular flexibility index (Phi) is 5.10. The topological polar surface area (TPSA) is 91.8 Å². The van der Waals surface area contributed by atoms with E-state index >= 15 is 0 Å². The van der Waals surface area contributed by atoms with Crippen LogP contribution in [-0.2, 0) is 11.3 Å². The highest BCUT2D eigenvalue weighted by atomic mass is 16.5. The molecule has 1 aromatic heterocycles. The summed E-state index contributed by atoms with van der Waals surface area (Å²) in [4.78, 5) is 28.7. The third-order valence-corrected chi connectivity index (χ3v) is 3.54. The molecule has 0 radical (unpaired) electrons. The lowest BCUT2D eigenvalue weighted by Crippen LogP contribution is -2.45. The number of aromatic nitrogens is 1. The lowest BCUT2D eigenvalue weighted by atomic mass is 10.1. The van der Waals surface area contributed by atoms with Crippen LogP contribution in [0.5, 0.6) is 0 Å². The molecule has 114 valence electrons. The van der Waals surface area contributed by atoms with E-state index in [0.717, 1.165) is 12.8 Å². The number of aromatic carboxylic acids is 1. The molecule has 1 fully saturated rings. The van der Waals surface area contributed by atoms with Crippen LogP contribution in [0.15, 0.2) is 18.3 Å². The van der Waals surface area contributed by atoms with Crippen LogP contribution in [0.1, 0.15) is 28.9 Å². The van der Waals surface area contributed by atoms with Gasteiger partial charge in [-0.2, -0.15) is 0 Å². The van der Waals surface area contributed by atoms with E-state index in [4.69, 9.17) is 9.84 Å². The lowest BCUT2D eigenvalue weighted by molar-refractivity contribution is 0.0525. The maximum absolute atomic E-state index is 12.1. The van der Waals surface area contributed by atoms with Crippen molar-refractivity contribution in [2.24, 2.45) is 0 Å². The quantitative estimate of drug-likeness (QED) is 0.867. The molecule has 0 saturated carbocycles. The zero-order valence-corrected chi connectivity index (χ0v) is 11.9. The number of carbonyl (C=O) groups is 2. The second-order valence-corrected chi connectivity index (χ2v) is 4.95. The maximum Gasteiger partial charge on any atom is 0.335 e. The van der Waals surface area contributed by atoms with E-state index in [0.29, 0.717) is 18.9 Å². The Balaban J connectivity index is 1.88. The summed E-state index contributed by atoms with van der Waals surface area (Å²) in [5.41, 5.74) is 0.677. The van der Waals surface area contributed by atoms with Crippen LogP contribution in [0.2, 0.25) is 0 Å². The molecule has 0 aliphatic carbocycles. The first kappa shape index (κ1) is 15.2. The van der Waals surface area contributed by atoms with Crippen LogP contribution in [0.25, 0.3) is 0 Å². The van der Waals surface area contributed by atoms with Gasteiger partial charge >= 0.3 is 12.0 Å². The average molecular weight is 293 g/mol. The highest BCUT2D eigenvalue weighted by Gasteiger charge is 2.22. The fourth-order valence-electron chi connectivity index (χ4n) is 2.24. The van der Waals surface area contributed by atoms with Gasteiger partial charge in [0.15, 0.2) is 0 Å². The van der Waals surface area contributed by atoms with Crippen molar-refractivity contribution in [1.82, 2.24) is 15.2 Å². The molecule has 1 aromatic rings. The molecule has 0 aromatic carbocycles. The van der Waals surface area contributed by atoms with Crippen molar-refractivity contribution in [3.63, 3.8) is 0 Å². The van der Waals surface area contributed by atoms with Crippen LogP contribution in [0, 0.1) is 0 Å². The van der Waals surface area contributed by atoms with Gasteiger partial charge in [0.1, 0.15) is 0 Å². The first-order chi connectivity index (χ1) is 10.1. The minimum Gasteiger partial charge on any atom is -0.478 e. The minimum atomic E-state index is -1.01. The first-order valence-electron chi connectivity index (χ1n) is 6.84. The average Bonchev–Trinajstić information content (AvgIpc) is 2.53. The highest BCUT2D eigenvalue weighted by Crippen LogP contribution is 2.12. The van der Waals surface area contributed by atoms with E-state index in [-0.39, 0.29) is 24.2 Å². The maximum atomic E-state index is 12.1. The van der Waals surface area contributed by atoms with Gasteiger partial charge in [-0.05, 0) is 25.0 Å². The molecule has 0 spiro atoms. The molecule has 0 unspecified atom stereocenters. The summed E-state index contributed by atoms with van der Waals surface area (Å²) < 4.78 is 5.27. The van der Waals surface area contributed by atoms with Gasteiger partial charge in [0, 0.05) is 32.5 Å². The predicted octanol–water partition coefficient (Wildman–Crippen LogP) is 1.10. The summed E-state index contributed by atoms with van der Waals surface area (Å²) in [5, 5.41) is 11.7. The van der Waals surface area contributed by atoms with Crippen molar-refractivity contribution in [1.29, 1.82) is 0 Å². The molecule has 0 atom stereocenters. The normalized spacial score (nSPS) is 15.5. The summed E-state index contributed by atoms with van der Waals surface area (Å²) in [6.07, 6.45) is 3.08. The number of rotatable bonds is 4. The molecular weight excluding hydrogens is 274 g/mol. The van der Waals surface area contributed by atoms with Gasteiger partial charge in [-0.25, -0.2) is 9.59 Å². The van der Waals surface area contributed by atoms with E-state index in [1.807, 2.05) is 0 Å². The fourth-order valence-corrected chi connectivity index (χ4v) is 2.24. The number of hydrogen-bond acceptors (Lipinski definition) is 4. The SMILES string of the molecule is CN(C(=O)NCc1cc(C(=O)O)ccn1)C1CCOCC1. The number of carboxylic acid groups (broad SMARTS) is 1. The number of pyridine rings is 1. The Hall–Kier alpha value is -2.15. The standard InChI is InChI=1S/C14H19N3O4/c1-17(12-3-6-21-7-4-12)14(20)16-9-11-8-10(13(18)19)2-5-15-11/h2,5,8,12H,3-4,6-7,9H2,1H3,(H,16,20)(H,18,19).